The van der Waals surface area contributed by atoms with Gasteiger partial charge in [0.15, 0.2) is 5.16 Å². The summed E-state index contributed by atoms with van der Waals surface area (Å²) in [6.07, 6.45) is 0. The summed E-state index contributed by atoms with van der Waals surface area (Å²) < 4.78 is 4.74. The van der Waals surface area contributed by atoms with Gasteiger partial charge in [0.05, 0.1) is 29.5 Å². The summed E-state index contributed by atoms with van der Waals surface area (Å²) >= 11 is 2.57. The summed E-state index contributed by atoms with van der Waals surface area (Å²) in [5.74, 6) is -0.853. The lowest BCUT2D eigenvalue weighted by atomic mass is 10.0. The number of methoxy groups -OCH3 is 1. The Morgan fingerprint density at radius 1 is 1.12 bits per heavy atom. The van der Waals surface area contributed by atoms with E-state index in [0.717, 1.165) is 27.8 Å². The first-order valence-electron chi connectivity index (χ1n) is 9.66. The van der Waals surface area contributed by atoms with Gasteiger partial charge in [-0.15, -0.1) is 11.3 Å². The van der Waals surface area contributed by atoms with Gasteiger partial charge in [-0.05, 0) is 24.6 Å². The number of para-hydroxylation sites is 1. The zero-order chi connectivity index (χ0) is 22.7. The summed E-state index contributed by atoms with van der Waals surface area (Å²) in [5, 5.41) is 3.62. The van der Waals surface area contributed by atoms with Crippen LogP contribution < -0.4 is 10.9 Å². The van der Waals surface area contributed by atoms with Crippen LogP contribution in [0.15, 0.2) is 64.5 Å². The molecule has 0 saturated heterocycles. The first-order valence-corrected chi connectivity index (χ1v) is 11.5. The van der Waals surface area contributed by atoms with E-state index < -0.39 is 5.97 Å². The summed E-state index contributed by atoms with van der Waals surface area (Å²) in [4.78, 5) is 46.1. The Bertz CT molecular complexity index is 1360. The Morgan fingerprint density at radius 3 is 2.59 bits per heavy atom. The normalized spacial score (nSPS) is 10.8. The van der Waals surface area contributed by atoms with Gasteiger partial charge in [0.2, 0.25) is 5.91 Å². The van der Waals surface area contributed by atoms with Crippen molar-refractivity contribution in [2.24, 2.45) is 0 Å². The number of hydrogen-bond acceptors (Lipinski definition) is 7. The molecule has 2 aromatic heterocycles. The van der Waals surface area contributed by atoms with Crippen LogP contribution in [-0.2, 0) is 9.53 Å². The Balaban J connectivity index is 1.53. The molecule has 1 amide bonds. The van der Waals surface area contributed by atoms with E-state index in [0.29, 0.717) is 21.1 Å². The van der Waals surface area contributed by atoms with Crippen molar-refractivity contribution in [3.63, 3.8) is 0 Å². The molecule has 4 rings (SSSR count). The molecule has 162 valence electrons. The van der Waals surface area contributed by atoms with E-state index in [1.807, 2.05) is 37.3 Å². The van der Waals surface area contributed by atoms with Crippen LogP contribution in [0.25, 0.3) is 21.3 Å². The molecule has 0 atom stereocenters. The fraction of sp³-hybridized carbons (Fsp3) is 0.130. The number of thiophene rings is 1. The van der Waals surface area contributed by atoms with Crippen molar-refractivity contribution in [2.75, 3.05) is 18.2 Å². The highest BCUT2D eigenvalue weighted by Crippen LogP contribution is 2.35. The van der Waals surface area contributed by atoms with Crippen molar-refractivity contribution in [2.45, 2.75) is 12.1 Å². The minimum absolute atomic E-state index is 0.0137. The number of H-pyrrole nitrogens is 1. The van der Waals surface area contributed by atoms with Crippen molar-refractivity contribution in [3.05, 3.63) is 75.4 Å². The third-order valence-corrected chi connectivity index (χ3v) is 6.60. The van der Waals surface area contributed by atoms with Gasteiger partial charge in [-0.1, -0.05) is 54.2 Å². The highest BCUT2D eigenvalue weighted by atomic mass is 32.2. The molecule has 0 unspecified atom stereocenters. The predicted octanol–water partition coefficient (Wildman–Crippen LogP) is 4.48. The number of thioether (sulfide) groups is 1. The zero-order valence-corrected chi connectivity index (χ0v) is 18.9. The minimum Gasteiger partial charge on any atom is -0.465 e. The lowest BCUT2D eigenvalue weighted by Gasteiger charge is -2.09. The maximum Gasteiger partial charge on any atom is 0.339 e. The molecule has 2 N–H and O–H groups in total. The van der Waals surface area contributed by atoms with Crippen LogP contribution in [0.3, 0.4) is 0 Å². The molecule has 0 bridgehead atoms. The number of benzene rings is 2. The van der Waals surface area contributed by atoms with Crippen LogP contribution >= 0.6 is 23.1 Å². The monoisotopic (exact) mass is 465 g/mol. The smallest absolute Gasteiger partial charge is 0.339 e. The number of nitrogens with zero attached hydrogens (tertiary/aromatic N) is 1. The molecule has 0 saturated carbocycles. The van der Waals surface area contributed by atoms with E-state index in [9.17, 15) is 14.4 Å². The molecule has 0 radical (unpaired) electrons. The van der Waals surface area contributed by atoms with Crippen LogP contribution in [0.2, 0.25) is 0 Å². The van der Waals surface area contributed by atoms with Crippen LogP contribution in [0.4, 0.5) is 5.69 Å². The molecule has 9 heteroatoms. The number of anilines is 1. The molecule has 0 aliphatic heterocycles. The molecule has 0 fully saturated rings. The molecule has 4 aromatic rings. The largest absolute Gasteiger partial charge is 0.465 e. The highest BCUT2D eigenvalue weighted by molar-refractivity contribution is 7.99. The molecule has 0 spiro atoms. The molecular formula is C23H19N3O4S2. The second-order valence-electron chi connectivity index (χ2n) is 6.82. The van der Waals surface area contributed by atoms with Gasteiger partial charge in [-0.25, -0.2) is 9.78 Å². The molecule has 32 heavy (non-hydrogen) atoms. The number of hydrogen-bond donors (Lipinski definition) is 2. The third-order valence-electron chi connectivity index (χ3n) is 4.73. The van der Waals surface area contributed by atoms with Gasteiger partial charge >= 0.3 is 5.97 Å². The number of esters is 1. The standard InChI is InChI=1S/C23H19N3O4S2/c1-13-18(14-8-4-3-5-9-14)19-20(28)25-23(26-21(19)32-13)31-12-17(27)24-16-11-7-6-10-15(16)22(29)30-2/h3-11H,12H2,1-2H3,(H,24,27)(H,25,26,28). The van der Waals surface area contributed by atoms with Gasteiger partial charge in [-0.2, -0.15) is 0 Å². The van der Waals surface area contributed by atoms with E-state index in [-0.39, 0.29) is 22.8 Å². The van der Waals surface area contributed by atoms with E-state index in [1.165, 1.54) is 18.4 Å². The van der Waals surface area contributed by atoms with Crippen molar-refractivity contribution in [1.29, 1.82) is 0 Å². The van der Waals surface area contributed by atoms with E-state index in [2.05, 4.69) is 15.3 Å². The Labute approximate surface area is 191 Å². The second-order valence-corrected chi connectivity index (χ2v) is 8.99. The topological polar surface area (TPSA) is 101 Å². The van der Waals surface area contributed by atoms with Crippen molar-refractivity contribution < 1.29 is 14.3 Å². The number of rotatable bonds is 6. The molecule has 2 aromatic carbocycles. The minimum atomic E-state index is -0.535. The second kappa shape index (κ2) is 9.37. The average Bonchev–Trinajstić information content (AvgIpc) is 3.14. The van der Waals surface area contributed by atoms with E-state index in [4.69, 9.17) is 4.74 Å². The number of aromatic nitrogens is 2. The van der Waals surface area contributed by atoms with E-state index >= 15 is 0 Å². The lowest BCUT2D eigenvalue weighted by molar-refractivity contribution is -0.113. The summed E-state index contributed by atoms with van der Waals surface area (Å²) in [7, 11) is 1.28. The number of nitrogens with one attached hydrogen (secondary N) is 2. The quantitative estimate of drug-likeness (QED) is 0.247. The van der Waals surface area contributed by atoms with Crippen LogP contribution in [0.5, 0.6) is 0 Å². The highest BCUT2D eigenvalue weighted by Gasteiger charge is 2.18. The number of carbonyl (C=O) groups is 2. The summed E-state index contributed by atoms with van der Waals surface area (Å²) in [5.41, 5.74) is 2.24. The molecule has 7 nitrogen and oxygen atoms in total. The summed E-state index contributed by atoms with van der Waals surface area (Å²) in [6.45, 7) is 1.97. The van der Waals surface area contributed by atoms with Crippen LogP contribution in [-0.4, -0.2) is 34.7 Å². The van der Waals surface area contributed by atoms with Crippen molar-refractivity contribution in [1.82, 2.24) is 9.97 Å². The lowest BCUT2D eigenvalue weighted by Crippen LogP contribution is -2.17. The van der Waals surface area contributed by atoms with Gasteiger partial charge in [0.1, 0.15) is 4.83 Å². The number of amides is 1. The zero-order valence-electron chi connectivity index (χ0n) is 17.3. The third kappa shape index (κ3) is 4.44. The Kier molecular flexibility index (Phi) is 6.38. The maximum absolute atomic E-state index is 12.8. The fourth-order valence-electron chi connectivity index (χ4n) is 3.32. The fourth-order valence-corrected chi connectivity index (χ4v) is 5.08. The molecule has 0 aliphatic rings. The molecular weight excluding hydrogens is 446 g/mol. The van der Waals surface area contributed by atoms with Gasteiger partial charge in [-0.3, -0.25) is 9.59 Å². The van der Waals surface area contributed by atoms with Gasteiger partial charge in [0, 0.05) is 10.4 Å². The van der Waals surface area contributed by atoms with Crippen LogP contribution in [0, 0.1) is 6.92 Å². The number of carbonyl (C=O) groups excluding carboxylic acids is 2. The summed E-state index contributed by atoms with van der Waals surface area (Å²) in [6, 6.07) is 16.3. The average molecular weight is 466 g/mol. The van der Waals surface area contributed by atoms with Crippen LogP contribution in [0.1, 0.15) is 15.2 Å². The van der Waals surface area contributed by atoms with Gasteiger partial charge < -0.3 is 15.0 Å². The number of aryl methyl sites for hydroxylation is 1. The predicted molar refractivity (Wildman–Crippen MR) is 128 cm³/mol. The molecule has 2 heterocycles. The number of ether oxygens (including phenoxy) is 1. The van der Waals surface area contributed by atoms with E-state index in [1.54, 1.807) is 24.3 Å². The first-order chi connectivity index (χ1) is 15.5. The number of aromatic amines is 1. The molecule has 0 aliphatic carbocycles. The van der Waals surface area contributed by atoms with Crippen molar-refractivity contribution >= 4 is 50.9 Å². The number of fused-ring (bicyclic) bond motifs is 1. The SMILES string of the molecule is COC(=O)c1ccccc1NC(=O)CSc1nc2sc(C)c(-c3ccccc3)c2c(=O)[nH]1. The maximum atomic E-state index is 12.8. The first kappa shape index (κ1) is 21.8. The Morgan fingerprint density at radius 2 is 1.84 bits per heavy atom. The Hall–Kier alpha value is -3.43. The van der Waals surface area contributed by atoms with Gasteiger partial charge in [0.25, 0.3) is 5.56 Å². The van der Waals surface area contributed by atoms with Crippen molar-refractivity contribution in [3.8, 4) is 11.1 Å².